The van der Waals surface area contributed by atoms with Crippen molar-refractivity contribution < 1.29 is 20.4 Å². The Morgan fingerprint density at radius 2 is 0.710 bits per heavy atom. The molecule has 0 nitrogen and oxygen atoms in total. The average molecular weight is 553 g/mol. The van der Waals surface area contributed by atoms with Crippen molar-refractivity contribution in [2.24, 2.45) is 0 Å². The summed E-state index contributed by atoms with van der Waals surface area (Å²) in [4.78, 5) is 0. The minimum absolute atomic E-state index is 0. The minimum atomic E-state index is -0.247. The van der Waals surface area contributed by atoms with Gasteiger partial charge in [0, 0.05) is 36.3 Å². The topological polar surface area (TPSA) is 0 Å². The first-order valence-corrected chi connectivity index (χ1v) is 16.4. The smallest absolute Gasteiger partial charge is 0.0652 e. The van der Waals surface area contributed by atoms with E-state index in [4.69, 9.17) is 0 Å². The van der Waals surface area contributed by atoms with E-state index in [1.165, 1.54) is 76.0 Å². The number of hydrogen-bond donors (Lipinski definition) is 0. The van der Waals surface area contributed by atoms with Gasteiger partial charge in [-0.3, -0.25) is 0 Å². The summed E-state index contributed by atoms with van der Waals surface area (Å²) in [6.07, 6.45) is 16.9. The Labute approximate surface area is 210 Å². The number of rotatable bonds is 14. The second-order valence-corrected chi connectivity index (χ2v) is 13.9. The van der Waals surface area contributed by atoms with Crippen LogP contribution < -0.4 is 10.6 Å². The Bertz CT molecular complexity index is 531. The van der Waals surface area contributed by atoms with Gasteiger partial charge in [0.2, 0.25) is 0 Å². The van der Waals surface area contributed by atoms with Crippen LogP contribution in [0.3, 0.4) is 0 Å². The van der Waals surface area contributed by atoms with Gasteiger partial charge < -0.3 is 0 Å². The van der Waals surface area contributed by atoms with E-state index < -0.39 is 0 Å². The Balaban J connectivity index is 0.000000562. The maximum Gasteiger partial charge on any atom is 0.0914 e. The van der Waals surface area contributed by atoms with Crippen molar-refractivity contribution in [1.29, 1.82) is 0 Å². The van der Waals surface area contributed by atoms with Gasteiger partial charge in [-0.05, 0) is 49.9 Å². The first kappa shape index (κ1) is 31.0. The molecule has 0 bridgehead atoms. The van der Waals surface area contributed by atoms with Gasteiger partial charge in [0.15, 0.2) is 0 Å². The maximum atomic E-state index is 2.33. The third-order valence-corrected chi connectivity index (χ3v) is 11.8. The largest absolute Gasteiger partial charge is 0.0914 e. The normalized spacial score (nSPS) is 10.5. The summed E-state index contributed by atoms with van der Waals surface area (Å²) >= 11 is 0. The number of unbranched alkanes of at least 4 members (excludes halogenated alkanes) is 4. The summed E-state index contributed by atoms with van der Waals surface area (Å²) in [6.45, 7) is 9.18. The molecule has 0 radical (unpaired) electrons. The van der Waals surface area contributed by atoms with Crippen molar-refractivity contribution in [3.8, 4) is 0 Å². The molecule has 0 saturated carbocycles. The van der Waals surface area contributed by atoms with Crippen LogP contribution in [0.25, 0.3) is 0 Å². The third kappa shape index (κ3) is 14.7. The maximum absolute atomic E-state index is 2.33. The van der Waals surface area contributed by atoms with Crippen LogP contribution in [0.1, 0.15) is 79.1 Å². The summed E-state index contributed by atoms with van der Waals surface area (Å²) < 4.78 is 0. The zero-order valence-electron chi connectivity index (χ0n) is 20.6. The van der Waals surface area contributed by atoms with Gasteiger partial charge in [-0.1, -0.05) is 89.8 Å². The van der Waals surface area contributed by atoms with Crippen molar-refractivity contribution in [1.82, 2.24) is 0 Å². The molecule has 2 aromatic rings. The van der Waals surface area contributed by atoms with Gasteiger partial charge in [-0.15, -0.1) is 0 Å². The molecule has 31 heavy (non-hydrogen) atoms. The molecule has 178 valence electrons. The monoisotopic (exact) mass is 552 g/mol. The van der Waals surface area contributed by atoms with E-state index in [2.05, 4.69) is 88.4 Å². The molecular weight excluding hydrogens is 505 g/mol. The van der Waals surface area contributed by atoms with Crippen molar-refractivity contribution in [2.75, 3.05) is 24.6 Å². The van der Waals surface area contributed by atoms with Crippen LogP contribution in [0, 0.1) is 0 Å². The molecular formula is C28H48P2Pd+2. The van der Waals surface area contributed by atoms with Crippen LogP contribution in [0.4, 0.5) is 0 Å². The molecule has 0 aliphatic rings. The standard InChI is InChI=1S/2C14H23P.Pd/c2*1-3-5-12-15(13-6-4-2)14-10-8-7-9-11-14;/h2*7-11H,3-6,12-13H2,1-2H3;/p+2. The zero-order valence-corrected chi connectivity index (χ0v) is 24.1. The molecule has 0 heterocycles. The average Bonchev–Trinajstić information content (AvgIpc) is 2.81. The van der Waals surface area contributed by atoms with Crippen LogP contribution in [-0.2, 0) is 20.4 Å². The number of hydrogen-bond acceptors (Lipinski definition) is 0. The Morgan fingerprint density at radius 1 is 0.452 bits per heavy atom. The van der Waals surface area contributed by atoms with E-state index >= 15 is 0 Å². The van der Waals surface area contributed by atoms with Crippen molar-refractivity contribution in [2.45, 2.75) is 79.1 Å². The zero-order chi connectivity index (χ0) is 21.9. The minimum Gasteiger partial charge on any atom is -0.0652 e. The summed E-state index contributed by atoms with van der Waals surface area (Å²) in [7, 11) is -0.495. The van der Waals surface area contributed by atoms with E-state index in [1.54, 1.807) is 10.6 Å². The van der Waals surface area contributed by atoms with Crippen LogP contribution in [0.5, 0.6) is 0 Å². The van der Waals surface area contributed by atoms with E-state index in [0.717, 1.165) is 0 Å². The van der Waals surface area contributed by atoms with E-state index in [-0.39, 0.29) is 36.3 Å². The second-order valence-electron chi connectivity index (χ2n) is 8.35. The number of benzene rings is 2. The van der Waals surface area contributed by atoms with Gasteiger partial charge in [-0.2, -0.15) is 0 Å². The molecule has 2 aromatic carbocycles. The predicted molar refractivity (Wildman–Crippen MR) is 148 cm³/mol. The Morgan fingerprint density at radius 3 is 0.935 bits per heavy atom. The fourth-order valence-electron chi connectivity index (χ4n) is 3.74. The van der Waals surface area contributed by atoms with E-state index in [0.29, 0.717) is 0 Å². The molecule has 0 aliphatic heterocycles. The fourth-order valence-corrected chi connectivity index (χ4v) is 9.84. The molecule has 0 aromatic heterocycles. The van der Waals surface area contributed by atoms with Gasteiger partial charge in [0.25, 0.3) is 0 Å². The molecule has 2 rings (SSSR count). The summed E-state index contributed by atoms with van der Waals surface area (Å²) in [5.41, 5.74) is 0. The third-order valence-electron chi connectivity index (χ3n) is 5.69. The van der Waals surface area contributed by atoms with Gasteiger partial charge in [-0.25, -0.2) is 0 Å². The first-order valence-electron chi connectivity index (χ1n) is 12.6. The Hall–Kier alpha value is -0.0377. The SMILES string of the molecule is CCCC[PH+](CCCC)c1ccccc1.CCCC[PH+](CCCC)c1ccccc1.[Pd]. The Kier molecular flexibility index (Phi) is 21.8. The molecule has 0 aliphatic carbocycles. The summed E-state index contributed by atoms with van der Waals surface area (Å²) in [5.74, 6) is 0. The summed E-state index contributed by atoms with van der Waals surface area (Å²) in [6, 6.07) is 22.4. The first-order chi connectivity index (χ1) is 14.8. The molecule has 0 N–H and O–H groups in total. The molecule has 0 fully saturated rings. The van der Waals surface area contributed by atoms with Crippen LogP contribution in [0.2, 0.25) is 0 Å². The van der Waals surface area contributed by atoms with Crippen LogP contribution in [0.15, 0.2) is 60.7 Å². The molecule has 0 unspecified atom stereocenters. The van der Waals surface area contributed by atoms with Gasteiger partial charge >= 0.3 is 0 Å². The summed E-state index contributed by atoms with van der Waals surface area (Å²) in [5, 5.41) is 3.29. The van der Waals surface area contributed by atoms with Crippen molar-refractivity contribution >= 4 is 26.5 Å². The molecule has 0 amide bonds. The van der Waals surface area contributed by atoms with Gasteiger partial charge in [0.05, 0.1) is 35.3 Å². The predicted octanol–water partition coefficient (Wildman–Crippen LogP) is 8.25. The van der Waals surface area contributed by atoms with Gasteiger partial charge in [0.1, 0.15) is 0 Å². The van der Waals surface area contributed by atoms with Crippen LogP contribution >= 0.6 is 15.8 Å². The van der Waals surface area contributed by atoms with Crippen LogP contribution in [-0.4, -0.2) is 24.6 Å². The van der Waals surface area contributed by atoms with Crippen molar-refractivity contribution in [3.05, 3.63) is 60.7 Å². The molecule has 0 saturated heterocycles. The second kappa shape index (κ2) is 21.8. The van der Waals surface area contributed by atoms with E-state index in [9.17, 15) is 0 Å². The van der Waals surface area contributed by atoms with Crippen molar-refractivity contribution in [3.63, 3.8) is 0 Å². The quantitative estimate of drug-likeness (QED) is 0.163. The molecule has 0 atom stereocenters. The molecule has 0 spiro atoms. The molecule has 3 heteroatoms. The fraction of sp³-hybridized carbons (Fsp3) is 0.571. The van der Waals surface area contributed by atoms with E-state index in [1.807, 2.05) is 0 Å².